The fourth-order valence-electron chi connectivity index (χ4n) is 2.90. The van der Waals surface area contributed by atoms with Gasteiger partial charge in [0, 0.05) is 44.5 Å². The summed E-state index contributed by atoms with van der Waals surface area (Å²) < 4.78 is 5.13. The maximum atomic E-state index is 5.58. The van der Waals surface area contributed by atoms with Gasteiger partial charge in [-0.15, -0.1) is 0 Å². The highest BCUT2D eigenvalue weighted by atomic mass is 32.1. The number of anilines is 1. The molecule has 0 saturated carbocycles. The second kappa shape index (κ2) is 7.77. The van der Waals surface area contributed by atoms with E-state index in [0.717, 1.165) is 61.4 Å². The summed E-state index contributed by atoms with van der Waals surface area (Å²) in [6.45, 7) is 8.72. The Morgan fingerprint density at radius 2 is 2.04 bits per heavy atom. The summed E-state index contributed by atoms with van der Waals surface area (Å²) >= 11 is 5.58. The minimum absolute atomic E-state index is 0.806. The third-order valence-electron chi connectivity index (χ3n) is 4.31. The van der Waals surface area contributed by atoms with Crippen LogP contribution in [0.4, 0.5) is 5.69 Å². The predicted molar refractivity (Wildman–Crippen MR) is 100 cm³/mol. The number of hydrogen-bond donors (Lipinski definition) is 1. The van der Waals surface area contributed by atoms with Crippen LogP contribution in [-0.4, -0.2) is 46.2 Å². The van der Waals surface area contributed by atoms with Crippen LogP contribution in [0, 0.1) is 6.92 Å². The molecule has 1 fully saturated rings. The van der Waals surface area contributed by atoms with Crippen molar-refractivity contribution in [2.45, 2.75) is 26.8 Å². The van der Waals surface area contributed by atoms with Crippen molar-refractivity contribution in [3.63, 3.8) is 0 Å². The van der Waals surface area contributed by atoms with Crippen molar-refractivity contribution >= 4 is 23.0 Å². The zero-order chi connectivity index (χ0) is 16.9. The van der Waals surface area contributed by atoms with E-state index in [-0.39, 0.29) is 0 Å². The van der Waals surface area contributed by atoms with Crippen LogP contribution in [0.25, 0.3) is 0 Å². The molecule has 0 bridgehead atoms. The molecule has 0 aliphatic carbocycles. The fraction of sp³-hybridized carbons (Fsp3) is 0.444. The van der Waals surface area contributed by atoms with Crippen LogP contribution in [0.3, 0.4) is 0 Å². The molecular weight excluding hydrogens is 320 g/mol. The van der Waals surface area contributed by atoms with E-state index in [1.807, 2.05) is 13.0 Å². The predicted octanol–water partition coefficient (Wildman–Crippen LogP) is 3.06. The number of hydrogen-bond acceptors (Lipinski definition) is 4. The second-order valence-corrected chi connectivity index (χ2v) is 6.56. The van der Waals surface area contributed by atoms with Crippen molar-refractivity contribution in [2.24, 2.45) is 0 Å². The van der Waals surface area contributed by atoms with Crippen molar-refractivity contribution < 1.29 is 4.52 Å². The summed E-state index contributed by atoms with van der Waals surface area (Å²) in [4.78, 5) is 4.62. The average Bonchev–Trinajstić information content (AvgIpc) is 3.00. The third-order valence-corrected chi connectivity index (χ3v) is 4.67. The number of aromatic nitrogens is 1. The van der Waals surface area contributed by atoms with E-state index in [1.165, 1.54) is 5.56 Å². The van der Waals surface area contributed by atoms with E-state index >= 15 is 0 Å². The Balaban J connectivity index is 1.49. The van der Waals surface area contributed by atoms with Gasteiger partial charge in [0.2, 0.25) is 0 Å². The van der Waals surface area contributed by atoms with Gasteiger partial charge < -0.3 is 14.7 Å². The largest absolute Gasteiger partial charge is 0.361 e. The molecule has 0 amide bonds. The second-order valence-electron chi connectivity index (χ2n) is 6.18. The molecular formula is C18H24N4OS. The van der Waals surface area contributed by atoms with E-state index in [9.17, 15) is 0 Å². The molecule has 3 rings (SSSR count). The van der Waals surface area contributed by atoms with Crippen molar-refractivity contribution in [2.75, 3.05) is 31.5 Å². The Bertz CT molecular complexity index is 692. The Labute approximate surface area is 148 Å². The van der Waals surface area contributed by atoms with Gasteiger partial charge in [-0.05, 0) is 43.3 Å². The highest BCUT2D eigenvalue weighted by molar-refractivity contribution is 7.80. The normalized spacial score (nSPS) is 15.5. The molecule has 0 radical (unpaired) electrons. The molecule has 0 unspecified atom stereocenters. The van der Waals surface area contributed by atoms with Gasteiger partial charge in [-0.1, -0.05) is 24.2 Å². The fourth-order valence-corrected chi connectivity index (χ4v) is 3.20. The van der Waals surface area contributed by atoms with Gasteiger partial charge in [0.05, 0.1) is 5.69 Å². The quantitative estimate of drug-likeness (QED) is 0.860. The highest BCUT2D eigenvalue weighted by Crippen LogP contribution is 2.14. The first-order chi connectivity index (χ1) is 11.6. The van der Waals surface area contributed by atoms with Gasteiger partial charge in [0.1, 0.15) is 5.76 Å². The Hall–Kier alpha value is -1.92. The number of nitrogens with zero attached hydrogens (tertiary/aromatic N) is 3. The maximum Gasteiger partial charge on any atom is 0.173 e. The first-order valence-electron chi connectivity index (χ1n) is 8.43. The molecule has 1 saturated heterocycles. The van der Waals surface area contributed by atoms with Crippen molar-refractivity contribution in [1.29, 1.82) is 0 Å². The molecule has 2 heterocycles. The molecule has 0 spiro atoms. The van der Waals surface area contributed by atoms with Crippen molar-refractivity contribution in [1.82, 2.24) is 15.0 Å². The highest BCUT2D eigenvalue weighted by Gasteiger charge is 2.20. The lowest BCUT2D eigenvalue weighted by molar-refractivity contribution is 0.173. The number of aryl methyl sites for hydroxylation is 2. The molecule has 5 nitrogen and oxygen atoms in total. The zero-order valence-electron chi connectivity index (χ0n) is 14.3. The summed E-state index contributed by atoms with van der Waals surface area (Å²) in [7, 11) is 0. The van der Waals surface area contributed by atoms with Crippen molar-refractivity contribution in [3.8, 4) is 0 Å². The van der Waals surface area contributed by atoms with Crippen LogP contribution in [0.2, 0.25) is 0 Å². The van der Waals surface area contributed by atoms with Gasteiger partial charge in [-0.3, -0.25) is 4.90 Å². The van der Waals surface area contributed by atoms with Gasteiger partial charge in [0.25, 0.3) is 0 Å². The first-order valence-corrected chi connectivity index (χ1v) is 8.84. The van der Waals surface area contributed by atoms with Gasteiger partial charge >= 0.3 is 0 Å². The van der Waals surface area contributed by atoms with Gasteiger partial charge in [-0.2, -0.15) is 0 Å². The Morgan fingerprint density at radius 1 is 1.25 bits per heavy atom. The topological polar surface area (TPSA) is 44.5 Å². The zero-order valence-corrected chi connectivity index (χ0v) is 15.1. The first kappa shape index (κ1) is 16.9. The molecule has 1 aliphatic rings. The van der Waals surface area contributed by atoms with Crippen molar-refractivity contribution in [3.05, 3.63) is 47.3 Å². The molecule has 1 aliphatic heterocycles. The number of benzene rings is 1. The lowest BCUT2D eigenvalue weighted by atomic mass is 10.1. The summed E-state index contributed by atoms with van der Waals surface area (Å²) in [6, 6.07) is 10.4. The number of thiocarbonyl (C=S) groups is 1. The lowest BCUT2D eigenvalue weighted by Crippen LogP contribution is -2.49. The smallest absolute Gasteiger partial charge is 0.173 e. The van der Waals surface area contributed by atoms with Gasteiger partial charge in [-0.25, -0.2) is 0 Å². The minimum atomic E-state index is 0.806. The lowest BCUT2D eigenvalue weighted by Gasteiger charge is -2.35. The summed E-state index contributed by atoms with van der Waals surface area (Å²) in [5, 5.41) is 8.24. The summed E-state index contributed by atoms with van der Waals surface area (Å²) in [5.74, 6) is 0.864. The number of nitrogens with one attached hydrogen (secondary N) is 1. The summed E-state index contributed by atoms with van der Waals surface area (Å²) in [6.07, 6.45) is 1.03. The average molecular weight is 344 g/mol. The molecule has 2 aromatic rings. The molecule has 6 heteroatoms. The standard InChI is InChI=1S/C18H24N4OS/c1-3-15-5-4-6-16(12-15)19-18(24)22-9-7-21(8-10-22)13-17-11-14(2)23-20-17/h4-6,11-12H,3,7-10,13H2,1-2H3,(H,19,24). The van der Waals surface area contributed by atoms with E-state index in [4.69, 9.17) is 16.7 Å². The van der Waals surface area contributed by atoms with E-state index < -0.39 is 0 Å². The van der Waals surface area contributed by atoms with Gasteiger partial charge in [0.15, 0.2) is 5.11 Å². The van der Waals surface area contributed by atoms with Crippen LogP contribution >= 0.6 is 12.2 Å². The monoisotopic (exact) mass is 344 g/mol. The molecule has 128 valence electrons. The van der Waals surface area contributed by atoms with E-state index in [0.29, 0.717) is 0 Å². The van der Waals surface area contributed by atoms with E-state index in [2.05, 4.69) is 51.5 Å². The molecule has 0 atom stereocenters. The molecule has 24 heavy (non-hydrogen) atoms. The van der Waals surface area contributed by atoms with E-state index in [1.54, 1.807) is 0 Å². The molecule has 1 aromatic heterocycles. The van der Waals surface area contributed by atoms with Crippen LogP contribution in [0.15, 0.2) is 34.9 Å². The Morgan fingerprint density at radius 3 is 2.71 bits per heavy atom. The molecule has 1 N–H and O–H groups in total. The number of piperazine rings is 1. The molecule has 1 aromatic carbocycles. The SMILES string of the molecule is CCc1cccc(NC(=S)N2CCN(Cc3cc(C)on3)CC2)c1. The maximum absolute atomic E-state index is 5.58. The Kier molecular flexibility index (Phi) is 5.48. The van der Waals surface area contributed by atoms with Crippen LogP contribution in [-0.2, 0) is 13.0 Å². The minimum Gasteiger partial charge on any atom is -0.361 e. The number of rotatable bonds is 4. The van der Waals surface area contributed by atoms with Crippen LogP contribution < -0.4 is 5.32 Å². The summed E-state index contributed by atoms with van der Waals surface area (Å²) in [5.41, 5.74) is 3.38. The van der Waals surface area contributed by atoms with Crippen LogP contribution in [0.5, 0.6) is 0 Å². The van der Waals surface area contributed by atoms with Crippen LogP contribution in [0.1, 0.15) is 23.9 Å². The third kappa shape index (κ3) is 4.33.